The number of nitrogens with zero attached hydrogens (tertiary/aromatic N) is 3. The van der Waals surface area contributed by atoms with Gasteiger partial charge in [0.25, 0.3) is 0 Å². The number of piperazine rings is 1. The zero-order valence-electron chi connectivity index (χ0n) is 15.2. The van der Waals surface area contributed by atoms with Crippen molar-refractivity contribution >= 4 is 11.9 Å². The Kier molecular flexibility index (Phi) is 4.86. The maximum Gasteiger partial charge on any atom is 0.317 e. The minimum atomic E-state index is -0.139. The van der Waals surface area contributed by atoms with Crippen LogP contribution in [0, 0.1) is 5.92 Å². The first-order valence-corrected chi connectivity index (χ1v) is 9.78. The molecule has 1 aliphatic carbocycles. The average molecular weight is 350 g/mol. The van der Waals surface area contributed by atoms with Crippen LogP contribution in [0.15, 0.2) is 0 Å². The van der Waals surface area contributed by atoms with E-state index in [1.807, 2.05) is 9.80 Å². The van der Waals surface area contributed by atoms with Crippen LogP contribution in [0.2, 0.25) is 0 Å². The third-order valence-corrected chi connectivity index (χ3v) is 6.26. The van der Waals surface area contributed by atoms with E-state index in [1.165, 1.54) is 12.8 Å². The largest absolute Gasteiger partial charge is 0.370 e. The van der Waals surface area contributed by atoms with E-state index in [-0.39, 0.29) is 30.1 Å². The predicted molar refractivity (Wildman–Crippen MR) is 93.2 cm³/mol. The van der Waals surface area contributed by atoms with Crippen LogP contribution in [0.4, 0.5) is 4.79 Å². The van der Waals surface area contributed by atoms with Crippen molar-refractivity contribution in [1.82, 2.24) is 20.0 Å². The lowest BCUT2D eigenvalue weighted by Gasteiger charge is -2.36. The minimum Gasteiger partial charge on any atom is -0.370 e. The second-order valence-electron chi connectivity index (χ2n) is 8.10. The third-order valence-electron chi connectivity index (χ3n) is 6.26. The first-order chi connectivity index (χ1) is 12.1. The van der Waals surface area contributed by atoms with Crippen molar-refractivity contribution in [3.63, 3.8) is 0 Å². The molecule has 25 heavy (non-hydrogen) atoms. The van der Waals surface area contributed by atoms with Crippen LogP contribution in [0.1, 0.15) is 32.1 Å². The molecule has 4 rings (SSSR count). The van der Waals surface area contributed by atoms with Gasteiger partial charge in [-0.05, 0) is 26.3 Å². The van der Waals surface area contributed by atoms with Gasteiger partial charge in [0.15, 0.2) is 0 Å². The lowest BCUT2D eigenvalue weighted by molar-refractivity contribution is -0.139. The van der Waals surface area contributed by atoms with Crippen molar-refractivity contribution in [2.75, 3.05) is 46.3 Å². The van der Waals surface area contributed by atoms with Crippen molar-refractivity contribution in [1.29, 1.82) is 0 Å². The molecule has 0 aromatic rings. The maximum atomic E-state index is 12.9. The molecule has 1 N–H and O–H groups in total. The second-order valence-corrected chi connectivity index (χ2v) is 8.10. The first-order valence-electron chi connectivity index (χ1n) is 9.78. The lowest BCUT2D eigenvalue weighted by atomic mass is 9.98. The Morgan fingerprint density at radius 1 is 1.00 bits per heavy atom. The molecule has 4 aliphatic rings. The maximum absolute atomic E-state index is 12.9. The summed E-state index contributed by atoms with van der Waals surface area (Å²) >= 11 is 0. The number of likely N-dealkylation sites (N-methyl/N-ethyl adjacent to an activating group) is 1. The average Bonchev–Trinajstić information content (AvgIpc) is 3.22. The van der Waals surface area contributed by atoms with E-state index in [4.69, 9.17) is 4.74 Å². The molecule has 7 heteroatoms. The number of morpholine rings is 1. The summed E-state index contributed by atoms with van der Waals surface area (Å²) in [5, 5.41) is 3.16. The molecule has 140 valence electrons. The van der Waals surface area contributed by atoms with Crippen LogP contribution in [-0.4, -0.2) is 91.2 Å². The van der Waals surface area contributed by atoms with Gasteiger partial charge in [0.2, 0.25) is 5.91 Å². The standard InChI is InChI=1S/C18H30N4O3/c1-20-6-8-21(9-7-20)17(23)15-10-14-11-22(12-16(15)25-14)18(24)19-13-4-2-3-5-13/h13-16H,2-12H2,1H3,(H,19,24)/t14-,15+,16-/m1/s1. The molecular weight excluding hydrogens is 320 g/mol. The molecule has 3 aliphatic heterocycles. The van der Waals surface area contributed by atoms with Crippen molar-refractivity contribution in [3.8, 4) is 0 Å². The first kappa shape index (κ1) is 17.1. The van der Waals surface area contributed by atoms with Gasteiger partial charge in [-0.15, -0.1) is 0 Å². The Balaban J connectivity index is 1.33. The molecule has 1 saturated carbocycles. The summed E-state index contributed by atoms with van der Waals surface area (Å²) in [6, 6.07) is 0.355. The van der Waals surface area contributed by atoms with E-state index in [0.717, 1.165) is 45.4 Å². The van der Waals surface area contributed by atoms with Gasteiger partial charge in [0.05, 0.1) is 18.1 Å². The minimum absolute atomic E-state index is 0.00879. The van der Waals surface area contributed by atoms with Gasteiger partial charge < -0.3 is 24.8 Å². The third kappa shape index (κ3) is 3.62. The summed E-state index contributed by atoms with van der Waals surface area (Å²) in [6.07, 6.45) is 5.22. The molecule has 3 saturated heterocycles. The molecule has 7 nitrogen and oxygen atoms in total. The number of amides is 3. The number of rotatable bonds is 2. The fourth-order valence-electron chi connectivity index (χ4n) is 4.68. The monoisotopic (exact) mass is 350 g/mol. The smallest absolute Gasteiger partial charge is 0.317 e. The Labute approximate surface area is 149 Å². The van der Waals surface area contributed by atoms with Crippen LogP contribution in [-0.2, 0) is 9.53 Å². The fourth-order valence-corrected chi connectivity index (χ4v) is 4.68. The predicted octanol–water partition coefficient (Wildman–Crippen LogP) is 0.502. The number of likely N-dealkylation sites (tertiary alicyclic amines) is 1. The second kappa shape index (κ2) is 7.11. The highest BCUT2D eigenvalue weighted by atomic mass is 16.5. The van der Waals surface area contributed by atoms with Gasteiger partial charge in [-0.2, -0.15) is 0 Å². The van der Waals surface area contributed by atoms with Crippen LogP contribution < -0.4 is 5.32 Å². The Hall–Kier alpha value is -1.34. The molecule has 4 fully saturated rings. The van der Waals surface area contributed by atoms with E-state index in [2.05, 4.69) is 17.3 Å². The van der Waals surface area contributed by atoms with Crippen LogP contribution in [0.25, 0.3) is 0 Å². The topological polar surface area (TPSA) is 65.1 Å². The highest BCUT2D eigenvalue weighted by molar-refractivity contribution is 5.80. The van der Waals surface area contributed by atoms with Crippen molar-refractivity contribution in [2.45, 2.75) is 50.4 Å². The molecule has 0 aromatic heterocycles. The number of hydrogen-bond donors (Lipinski definition) is 1. The molecular formula is C18H30N4O3. The summed E-state index contributed by atoms with van der Waals surface area (Å²) in [5.74, 6) is 0.135. The zero-order chi connectivity index (χ0) is 17.4. The van der Waals surface area contributed by atoms with Crippen LogP contribution >= 0.6 is 0 Å². The van der Waals surface area contributed by atoms with E-state index in [1.54, 1.807) is 0 Å². The number of fused-ring (bicyclic) bond motifs is 2. The summed E-state index contributed by atoms with van der Waals surface area (Å²) in [7, 11) is 2.09. The summed E-state index contributed by atoms with van der Waals surface area (Å²) in [5.41, 5.74) is 0. The van der Waals surface area contributed by atoms with E-state index < -0.39 is 0 Å². The van der Waals surface area contributed by atoms with Gasteiger partial charge in [0.1, 0.15) is 0 Å². The summed E-state index contributed by atoms with van der Waals surface area (Å²) in [4.78, 5) is 31.6. The molecule has 0 radical (unpaired) electrons. The molecule has 3 amide bonds. The Bertz CT molecular complexity index is 514. The normalized spacial score (nSPS) is 33.7. The molecule has 0 unspecified atom stereocenters. The molecule has 3 heterocycles. The van der Waals surface area contributed by atoms with Crippen molar-refractivity contribution < 1.29 is 14.3 Å². The van der Waals surface area contributed by atoms with Gasteiger partial charge in [-0.1, -0.05) is 12.8 Å². The quantitative estimate of drug-likeness (QED) is 0.788. The fraction of sp³-hybridized carbons (Fsp3) is 0.889. The van der Waals surface area contributed by atoms with Crippen LogP contribution in [0.3, 0.4) is 0 Å². The molecule has 0 spiro atoms. The van der Waals surface area contributed by atoms with Crippen molar-refractivity contribution in [3.05, 3.63) is 0 Å². The zero-order valence-corrected chi connectivity index (χ0v) is 15.2. The van der Waals surface area contributed by atoms with Gasteiger partial charge >= 0.3 is 6.03 Å². The number of carbonyl (C=O) groups excluding carboxylic acids is 2. The summed E-state index contributed by atoms with van der Waals surface area (Å²) < 4.78 is 6.01. The molecule has 3 atom stereocenters. The van der Waals surface area contributed by atoms with E-state index >= 15 is 0 Å². The van der Waals surface area contributed by atoms with Gasteiger partial charge in [0, 0.05) is 45.3 Å². The summed E-state index contributed by atoms with van der Waals surface area (Å²) in [6.45, 7) is 4.62. The highest BCUT2D eigenvalue weighted by Crippen LogP contribution is 2.33. The van der Waals surface area contributed by atoms with E-state index in [0.29, 0.717) is 19.1 Å². The Morgan fingerprint density at radius 3 is 2.44 bits per heavy atom. The number of carbonyl (C=O) groups is 2. The Morgan fingerprint density at radius 2 is 1.72 bits per heavy atom. The number of ether oxygens (including phenoxy) is 1. The number of hydrogen-bond acceptors (Lipinski definition) is 4. The van der Waals surface area contributed by atoms with Gasteiger partial charge in [-0.3, -0.25) is 4.79 Å². The van der Waals surface area contributed by atoms with E-state index in [9.17, 15) is 9.59 Å². The van der Waals surface area contributed by atoms with Crippen LogP contribution in [0.5, 0.6) is 0 Å². The lowest BCUT2D eigenvalue weighted by Crippen LogP contribution is -2.53. The van der Waals surface area contributed by atoms with Crippen molar-refractivity contribution in [2.24, 2.45) is 5.92 Å². The SMILES string of the molecule is CN1CCN(C(=O)[C@H]2C[C@@H]3CN(C(=O)NC4CCCC4)C[C@H]2O3)CC1. The van der Waals surface area contributed by atoms with Gasteiger partial charge in [-0.25, -0.2) is 4.79 Å². The highest BCUT2D eigenvalue weighted by Gasteiger charge is 2.47. The molecule has 0 aromatic carbocycles. The number of urea groups is 1. The number of nitrogens with one attached hydrogen (secondary N) is 1. The molecule has 2 bridgehead atoms.